The molecule has 0 atom stereocenters. The number of aliphatic carboxylic acids is 1. The monoisotopic (exact) mass is 268 g/mol. The van der Waals surface area contributed by atoms with Crippen molar-refractivity contribution in [1.82, 2.24) is 20.3 Å². The highest BCUT2D eigenvalue weighted by Gasteiger charge is 2.22. The summed E-state index contributed by atoms with van der Waals surface area (Å²) in [6.07, 6.45) is 1.52. The normalized spacial score (nSPS) is 16.3. The van der Waals surface area contributed by atoms with E-state index in [4.69, 9.17) is 9.63 Å². The fourth-order valence-corrected chi connectivity index (χ4v) is 1.91. The van der Waals surface area contributed by atoms with Crippen LogP contribution in [0.5, 0.6) is 0 Å². The van der Waals surface area contributed by atoms with E-state index in [0.717, 1.165) is 0 Å². The molecule has 1 aromatic rings. The Kier molecular flexibility index (Phi) is 4.35. The molecule has 2 rings (SSSR count). The first kappa shape index (κ1) is 13.3. The Morgan fingerprint density at radius 2 is 2.11 bits per heavy atom. The van der Waals surface area contributed by atoms with Crippen LogP contribution in [0, 0.1) is 0 Å². The zero-order valence-electron chi connectivity index (χ0n) is 10.4. The lowest BCUT2D eigenvalue weighted by atomic mass is 10.3. The van der Waals surface area contributed by atoms with Crippen molar-refractivity contribution in [3.05, 3.63) is 18.0 Å². The molecule has 19 heavy (non-hydrogen) atoms. The van der Waals surface area contributed by atoms with E-state index in [-0.39, 0.29) is 12.6 Å². The van der Waals surface area contributed by atoms with Gasteiger partial charge in [-0.3, -0.25) is 9.69 Å². The number of aromatic nitrogens is 1. The molecule has 0 bridgehead atoms. The lowest BCUT2D eigenvalue weighted by molar-refractivity contribution is -0.138. The van der Waals surface area contributed by atoms with Crippen LogP contribution in [0.2, 0.25) is 0 Å². The van der Waals surface area contributed by atoms with E-state index in [2.05, 4.69) is 10.5 Å². The molecular formula is C11H16N4O4. The number of amides is 2. The topological polar surface area (TPSA) is 98.9 Å². The average Bonchev–Trinajstić information content (AvgIpc) is 2.89. The van der Waals surface area contributed by atoms with Crippen molar-refractivity contribution >= 4 is 12.0 Å². The standard InChI is InChI=1S/C11H16N4O4/c16-10(17)8-14-3-5-15(6-4-14)11(18)12-7-9-1-2-13-19-9/h1-2H,3-8H2,(H,12,18)(H,16,17). The van der Waals surface area contributed by atoms with Crippen LogP contribution in [0.25, 0.3) is 0 Å². The second-order valence-electron chi connectivity index (χ2n) is 4.29. The Hall–Kier alpha value is -2.09. The van der Waals surface area contributed by atoms with Gasteiger partial charge in [-0.1, -0.05) is 5.16 Å². The van der Waals surface area contributed by atoms with Crippen LogP contribution in [0.3, 0.4) is 0 Å². The number of carboxylic acids is 1. The smallest absolute Gasteiger partial charge is 0.317 e. The van der Waals surface area contributed by atoms with Crippen LogP contribution in [0.15, 0.2) is 16.8 Å². The molecule has 0 spiro atoms. The predicted molar refractivity (Wildman–Crippen MR) is 64.4 cm³/mol. The Morgan fingerprint density at radius 3 is 2.68 bits per heavy atom. The maximum absolute atomic E-state index is 11.8. The van der Waals surface area contributed by atoms with Crippen molar-refractivity contribution in [1.29, 1.82) is 0 Å². The Bertz CT molecular complexity index is 426. The first-order valence-electron chi connectivity index (χ1n) is 6.01. The second-order valence-corrected chi connectivity index (χ2v) is 4.29. The Labute approximate surface area is 109 Å². The van der Waals surface area contributed by atoms with E-state index in [1.165, 1.54) is 6.20 Å². The molecule has 0 aliphatic carbocycles. The second kappa shape index (κ2) is 6.19. The minimum atomic E-state index is -0.844. The number of carbonyl (C=O) groups is 2. The summed E-state index contributed by atoms with van der Waals surface area (Å²) in [6, 6.07) is 1.51. The van der Waals surface area contributed by atoms with Crippen molar-refractivity contribution in [3.8, 4) is 0 Å². The zero-order chi connectivity index (χ0) is 13.7. The number of hydrogen-bond donors (Lipinski definition) is 2. The van der Waals surface area contributed by atoms with Crippen molar-refractivity contribution in [2.75, 3.05) is 32.7 Å². The molecule has 2 heterocycles. The van der Waals surface area contributed by atoms with E-state index in [9.17, 15) is 9.59 Å². The van der Waals surface area contributed by atoms with Gasteiger partial charge in [-0.15, -0.1) is 0 Å². The summed E-state index contributed by atoms with van der Waals surface area (Å²) in [5, 5.41) is 15.0. The molecule has 0 saturated carbocycles. The number of hydrogen-bond acceptors (Lipinski definition) is 5. The molecule has 2 amide bonds. The predicted octanol–water partition coefficient (Wildman–Crippen LogP) is -0.414. The third-order valence-corrected chi connectivity index (χ3v) is 2.92. The summed E-state index contributed by atoms with van der Waals surface area (Å²) in [5.74, 6) is -0.249. The zero-order valence-corrected chi connectivity index (χ0v) is 10.4. The minimum absolute atomic E-state index is 0.0214. The fourth-order valence-electron chi connectivity index (χ4n) is 1.91. The SMILES string of the molecule is O=C(O)CN1CCN(C(=O)NCc2ccno2)CC1. The molecule has 104 valence electrons. The number of piperazine rings is 1. The highest BCUT2D eigenvalue weighted by atomic mass is 16.5. The molecule has 8 heteroatoms. The number of nitrogens with one attached hydrogen (secondary N) is 1. The van der Waals surface area contributed by atoms with Gasteiger partial charge < -0.3 is 19.8 Å². The molecule has 1 aliphatic heterocycles. The van der Waals surface area contributed by atoms with Crippen molar-refractivity contribution < 1.29 is 19.2 Å². The van der Waals surface area contributed by atoms with Gasteiger partial charge in [0, 0.05) is 32.2 Å². The van der Waals surface area contributed by atoms with Gasteiger partial charge in [0.1, 0.15) is 0 Å². The van der Waals surface area contributed by atoms with Crippen LogP contribution >= 0.6 is 0 Å². The molecule has 2 N–H and O–H groups in total. The summed E-state index contributed by atoms with van der Waals surface area (Å²) in [4.78, 5) is 25.9. The third-order valence-electron chi connectivity index (χ3n) is 2.92. The third kappa shape index (κ3) is 3.95. The molecule has 1 fully saturated rings. The van der Waals surface area contributed by atoms with E-state index in [1.807, 2.05) is 4.90 Å². The molecule has 8 nitrogen and oxygen atoms in total. The molecular weight excluding hydrogens is 252 g/mol. The largest absolute Gasteiger partial charge is 0.480 e. The first-order chi connectivity index (χ1) is 9.15. The summed E-state index contributed by atoms with van der Waals surface area (Å²) < 4.78 is 4.88. The molecule has 0 radical (unpaired) electrons. The van der Waals surface area contributed by atoms with Crippen molar-refractivity contribution in [2.45, 2.75) is 6.54 Å². The van der Waals surface area contributed by atoms with Crippen LogP contribution in [0.4, 0.5) is 4.79 Å². The number of nitrogens with zero attached hydrogens (tertiary/aromatic N) is 3. The van der Waals surface area contributed by atoms with Gasteiger partial charge in [-0.25, -0.2) is 4.79 Å². The van der Waals surface area contributed by atoms with Crippen molar-refractivity contribution in [3.63, 3.8) is 0 Å². The lowest BCUT2D eigenvalue weighted by Crippen LogP contribution is -2.52. The van der Waals surface area contributed by atoms with E-state index in [0.29, 0.717) is 38.5 Å². The van der Waals surface area contributed by atoms with Gasteiger partial charge in [-0.2, -0.15) is 0 Å². The number of carbonyl (C=O) groups excluding carboxylic acids is 1. The first-order valence-corrected chi connectivity index (χ1v) is 6.01. The highest BCUT2D eigenvalue weighted by Crippen LogP contribution is 2.02. The van der Waals surface area contributed by atoms with Gasteiger partial charge in [-0.05, 0) is 0 Å². The van der Waals surface area contributed by atoms with Gasteiger partial charge >= 0.3 is 12.0 Å². The average molecular weight is 268 g/mol. The summed E-state index contributed by atoms with van der Waals surface area (Å²) in [6.45, 7) is 2.51. The van der Waals surface area contributed by atoms with Crippen molar-refractivity contribution in [2.24, 2.45) is 0 Å². The van der Waals surface area contributed by atoms with Crippen LogP contribution in [-0.4, -0.2) is 64.8 Å². The molecule has 1 aliphatic rings. The van der Waals surface area contributed by atoms with Crippen LogP contribution in [-0.2, 0) is 11.3 Å². The summed E-state index contributed by atoms with van der Waals surface area (Å²) >= 11 is 0. The van der Waals surface area contributed by atoms with Gasteiger partial charge in [0.15, 0.2) is 5.76 Å². The minimum Gasteiger partial charge on any atom is -0.480 e. The van der Waals surface area contributed by atoms with E-state index >= 15 is 0 Å². The Balaban J connectivity index is 1.71. The van der Waals surface area contributed by atoms with Gasteiger partial charge in [0.2, 0.25) is 0 Å². The number of urea groups is 1. The maximum atomic E-state index is 11.8. The van der Waals surface area contributed by atoms with Crippen LogP contribution in [0.1, 0.15) is 5.76 Å². The van der Waals surface area contributed by atoms with Crippen LogP contribution < -0.4 is 5.32 Å². The summed E-state index contributed by atoms with van der Waals surface area (Å²) in [5.41, 5.74) is 0. The fraction of sp³-hybridized carbons (Fsp3) is 0.545. The molecule has 1 aromatic heterocycles. The molecule has 0 aromatic carbocycles. The Morgan fingerprint density at radius 1 is 1.37 bits per heavy atom. The number of rotatable bonds is 4. The highest BCUT2D eigenvalue weighted by molar-refractivity contribution is 5.74. The van der Waals surface area contributed by atoms with Gasteiger partial charge in [0.25, 0.3) is 0 Å². The quantitative estimate of drug-likeness (QED) is 0.770. The summed E-state index contributed by atoms with van der Waals surface area (Å²) in [7, 11) is 0. The molecule has 1 saturated heterocycles. The van der Waals surface area contributed by atoms with E-state index < -0.39 is 5.97 Å². The lowest BCUT2D eigenvalue weighted by Gasteiger charge is -2.33. The van der Waals surface area contributed by atoms with E-state index in [1.54, 1.807) is 11.0 Å². The number of carboxylic acid groups (broad SMARTS) is 1. The van der Waals surface area contributed by atoms with Gasteiger partial charge in [0.05, 0.1) is 19.3 Å². The molecule has 0 unspecified atom stereocenters. The maximum Gasteiger partial charge on any atom is 0.317 e.